The number of anilines is 1. The monoisotopic (exact) mass is 246 g/mol. The number of urea groups is 1. The number of benzene rings is 1. The van der Waals surface area contributed by atoms with Gasteiger partial charge in [0.1, 0.15) is 17.3 Å². The number of hydrogen-bond acceptors (Lipinski definition) is 4. The molecule has 0 bridgehead atoms. The van der Waals surface area contributed by atoms with Crippen LogP contribution >= 0.6 is 0 Å². The maximum Gasteiger partial charge on any atom is 0.352 e. The highest BCUT2D eigenvalue weighted by Crippen LogP contribution is 2.25. The van der Waals surface area contributed by atoms with Crippen LogP contribution in [0.2, 0.25) is 0 Å². The molecule has 0 aromatic heterocycles. The minimum Gasteiger partial charge on any atom is -0.391 e. The van der Waals surface area contributed by atoms with Gasteiger partial charge >= 0.3 is 6.03 Å². The molecule has 0 saturated heterocycles. The fourth-order valence-electron chi connectivity index (χ4n) is 1.26. The van der Waals surface area contributed by atoms with Crippen molar-refractivity contribution >= 4 is 11.7 Å². The lowest BCUT2D eigenvalue weighted by atomic mass is 10.1. The highest BCUT2D eigenvalue weighted by atomic mass is 19.1. The van der Waals surface area contributed by atoms with E-state index in [0.717, 1.165) is 12.1 Å². The van der Waals surface area contributed by atoms with Crippen molar-refractivity contribution in [2.24, 2.45) is 11.7 Å². The van der Waals surface area contributed by atoms with E-state index >= 15 is 0 Å². The minimum absolute atomic E-state index is 0.337. The Morgan fingerprint density at radius 3 is 2.35 bits per heavy atom. The normalized spacial score (nSPS) is 10.2. The predicted molar refractivity (Wildman–Crippen MR) is 56.3 cm³/mol. The molecule has 0 unspecified atom stereocenters. The van der Waals surface area contributed by atoms with E-state index in [1.165, 1.54) is 7.05 Å². The van der Waals surface area contributed by atoms with Gasteiger partial charge in [-0.15, -0.1) is 0 Å². The van der Waals surface area contributed by atoms with Gasteiger partial charge in [0.25, 0.3) is 0 Å². The number of carbonyl (C=O) groups excluding carboxylic acids is 1. The first-order chi connectivity index (χ1) is 7.90. The minimum atomic E-state index is -0.954. The third kappa shape index (κ3) is 2.49. The SMILES string of the molecule is CN(N)C(=O)N(N)c1c(F)ccc(F)c1CO. The highest BCUT2D eigenvalue weighted by molar-refractivity contribution is 5.91. The quantitative estimate of drug-likeness (QED) is 0.390. The number of halogens is 2. The van der Waals surface area contributed by atoms with Crippen molar-refractivity contribution in [1.29, 1.82) is 0 Å². The molecule has 1 aromatic carbocycles. The number of hydrazine groups is 2. The van der Waals surface area contributed by atoms with Crippen LogP contribution in [0.15, 0.2) is 12.1 Å². The molecule has 17 heavy (non-hydrogen) atoms. The number of carbonyl (C=O) groups is 1. The fourth-order valence-corrected chi connectivity index (χ4v) is 1.26. The first kappa shape index (κ1) is 13.3. The largest absolute Gasteiger partial charge is 0.391 e. The van der Waals surface area contributed by atoms with Gasteiger partial charge in [0, 0.05) is 12.6 Å². The predicted octanol–water partition coefficient (Wildman–Crippen LogP) is 0.0627. The Bertz CT molecular complexity index is 439. The lowest BCUT2D eigenvalue weighted by molar-refractivity contribution is 0.216. The van der Waals surface area contributed by atoms with Gasteiger partial charge in [0.15, 0.2) is 0 Å². The van der Waals surface area contributed by atoms with E-state index in [9.17, 15) is 13.6 Å². The summed E-state index contributed by atoms with van der Waals surface area (Å²) in [5, 5.41) is 9.89. The second kappa shape index (κ2) is 5.04. The molecule has 0 spiro atoms. The van der Waals surface area contributed by atoms with Crippen LogP contribution < -0.4 is 16.7 Å². The van der Waals surface area contributed by atoms with E-state index in [1.54, 1.807) is 0 Å². The zero-order valence-corrected chi connectivity index (χ0v) is 9.02. The Morgan fingerprint density at radius 2 is 1.88 bits per heavy atom. The van der Waals surface area contributed by atoms with Crippen molar-refractivity contribution in [2.45, 2.75) is 6.61 Å². The smallest absolute Gasteiger partial charge is 0.352 e. The molecule has 6 nitrogen and oxygen atoms in total. The Labute approximate surface area is 96.0 Å². The molecule has 0 atom stereocenters. The molecular weight excluding hydrogens is 234 g/mol. The third-order valence-electron chi connectivity index (χ3n) is 2.08. The summed E-state index contributed by atoms with van der Waals surface area (Å²) in [5.74, 6) is 8.66. The van der Waals surface area contributed by atoms with Crippen LogP contribution in [0.3, 0.4) is 0 Å². The summed E-state index contributed by atoms with van der Waals surface area (Å²) < 4.78 is 26.8. The molecule has 0 fully saturated rings. The van der Waals surface area contributed by atoms with Gasteiger partial charge in [-0.25, -0.2) is 30.3 Å². The fraction of sp³-hybridized carbons (Fsp3) is 0.222. The lowest BCUT2D eigenvalue weighted by Crippen LogP contribution is -2.49. The molecule has 0 saturated carbocycles. The average Bonchev–Trinajstić information content (AvgIpc) is 2.29. The van der Waals surface area contributed by atoms with Crippen LogP contribution in [0.5, 0.6) is 0 Å². The van der Waals surface area contributed by atoms with Crippen LogP contribution in [0.25, 0.3) is 0 Å². The maximum atomic E-state index is 13.5. The molecule has 1 rings (SSSR count). The van der Waals surface area contributed by atoms with Crippen LogP contribution in [-0.2, 0) is 6.61 Å². The summed E-state index contributed by atoms with van der Waals surface area (Å²) in [4.78, 5) is 11.4. The first-order valence-corrected chi connectivity index (χ1v) is 4.55. The molecule has 0 aliphatic rings. The van der Waals surface area contributed by atoms with Crippen molar-refractivity contribution in [3.8, 4) is 0 Å². The van der Waals surface area contributed by atoms with Crippen LogP contribution in [-0.4, -0.2) is 23.2 Å². The molecule has 2 amide bonds. The van der Waals surface area contributed by atoms with Gasteiger partial charge < -0.3 is 5.11 Å². The van der Waals surface area contributed by atoms with E-state index in [4.69, 9.17) is 16.8 Å². The Balaban J connectivity index is 3.29. The molecular formula is C9H12F2N4O2. The first-order valence-electron chi connectivity index (χ1n) is 4.55. The molecule has 94 valence electrons. The van der Waals surface area contributed by atoms with E-state index in [-0.39, 0.29) is 0 Å². The standard InChI is InChI=1S/C9H12F2N4O2/c1-14(12)9(17)15(13)8-5(4-16)6(10)2-3-7(8)11/h2-3,16H,4,12-13H2,1H3. The molecule has 8 heteroatoms. The molecule has 0 radical (unpaired) electrons. The summed E-state index contributed by atoms with van der Waals surface area (Å²) in [7, 11) is 1.19. The van der Waals surface area contributed by atoms with Crippen molar-refractivity contribution in [3.63, 3.8) is 0 Å². The lowest BCUT2D eigenvalue weighted by Gasteiger charge is -2.23. The van der Waals surface area contributed by atoms with Gasteiger partial charge in [-0.2, -0.15) is 0 Å². The van der Waals surface area contributed by atoms with E-state index < -0.39 is 35.5 Å². The Morgan fingerprint density at radius 1 is 1.35 bits per heavy atom. The van der Waals surface area contributed by atoms with Crippen LogP contribution in [0.1, 0.15) is 5.56 Å². The molecule has 1 aromatic rings. The van der Waals surface area contributed by atoms with E-state index in [0.29, 0.717) is 10.0 Å². The molecule has 0 aliphatic carbocycles. The summed E-state index contributed by atoms with van der Waals surface area (Å²) in [6.45, 7) is -0.797. The number of hydrogen-bond donors (Lipinski definition) is 3. The van der Waals surface area contributed by atoms with Gasteiger partial charge in [-0.05, 0) is 12.1 Å². The van der Waals surface area contributed by atoms with Crippen molar-refractivity contribution < 1.29 is 18.7 Å². The highest BCUT2D eigenvalue weighted by Gasteiger charge is 2.23. The van der Waals surface area contributed by atoms with E-state index in [2.05, 4.69) is 0 Å². The Hall–Kier alpha value is -1.77. The van der Waals surface area contributed by atoms with Gasteiger partial charge in [-0.3, -0.25) is 5.01 Å². The second-order valence-corrected chi connectivity index (χ2v) is 3.28. The molecule has 0 aliphatic heterocycles. The zero-order valence-electron chi connectivity index (χ0n) is 9.02. The van der Waals surface area contributed by atoms with Gasteiger partial charge in [0.05, 0.1) is 6.61 Å². The molecule has 5 N–H and O–H groups in total. The van der Waals surface area contributed by atoms with Crippen LogP contribution in [0.4, 0.5) is 19.3 Å². The maximum absolute atomic E-state index is 13.5. The zero-order chi connectivity index (χ0) is 13.2. The van der Waals surface area contributed by atoms with Crippen molar-refractivity contribution in [3.05, 3.63) is 29.3 Å². The van der Waals surface area contributed by atoms with Gasteiger partial charge in [0.2, 0.25) is 0 Å². The summed E-state index contributed by atoms with van der Waals surface area (Å²) in [6.07, 6.45) is 0. The van der Waals surface area contributed by atoms with Crippen molar-refractivity contribution in [1.82, 2.24) is 5.01 Å². The van der Waals surface area contributed by atoms with Gasteiger partial charge in [-0.1, -0.05) is 0 Å². The number of nitrogens with zero attached hydrogens (tertiary/aromatic N) is 2. The number of aliphatic hydroxyl groups excluding tert-OH is 1. The second-order valence-electron chi connectivity index (χ2n) is 3.28. The topological polar surface area (TPSA) is 95.8 Å². The number of rotatable bonds is 2. The van der Waals surface area contributed by atoms with Crippen LogP contribution in [0, 0.1) is 11.6 Å². The van der Waals surface area contributed by atoms with Crippen molar-refractivity contribution in [2.75, 3.05) is 12.1 Å². The van der Waals surface area contributed by atoms with E-state index in [1.807, 2.05) is 0 Å². The number of amides is 2. The number of nitrogens with two attached hydrogens (primary N) is 2. The summed E-state index contributed by atoms with van der Waals surface area (Å²) in [5.41, 5.74) is -0.961. The molecule has 0 heterocycles. The Kier molecular flexibility index (Phi) is 3.94. The number of aliphatic hydroxyl groups is 1. The summed E-state index contributed by atoms with van der Waals surface area (Å²) in [6, 6.07) is 0.673. The third-order valence-corrected chi connectivity index (χ3v) is 2.08. The summed E-state index contributed by atoms with van der Waals surface area (Å²) >= 11 is 0. The average molecular weight is 246 g/mol.